The van der Waals surface area contributed by atoms with Crippen LogP contribution in [0, 0.1) is 0 Å². The van der Waals surface area contributed by atoms with E-state index in [1.165, 1.54) is 18.4 Å². The Balaban J connectivity index is 1.61. The predicted octanol–water partition coefficient (Wildman–Crippen LogP) is 3.45. The lowest BCUT2D eigenvalue weighted by molar-refractivity contribution is -0.115. The SMILES string of the molecule is CCCCc1ccc(NC(=O)CN2CCOc3ccc(N)cc32)cc1. The van der Waals surface area contributed by atoms with E-state index in [9.17, 15) is 4.79 Å². The van der Waals surface area contributed by atoms with Gasteiger partial charge in [-0.3, -0.25) is 4.79 Å². The van der Waals surface area contributed by atoms with Gasteiger partial charge in [0, 0.05) is 11.4 Å². The van der Waals surface area contributed by atoms with Gasteiger partial charge >= 0.3 is 0 Å². The summed E-state index contributed by atoms with van der Waals surface area (Å²) in [5.74, 6) is 0.727. The summed E-state index contributed by atoms with van der Waals surface area (Å²) in [6, 6.07) is 13.6. The van der Waals surface area contributed by atoms with E-state index in [1.54, 1.807) is 0 Å². The molecule has 1 amide bonds. The molecule has 5 heteroatoms. The van der Waals surface area contributed by atoms with Gasteiger partial charge in [-0.2, -0.15) is 0 Å². The molecular formula is C20H25N3O2. The molecule has 25 heavy (non-hydrogen) atoms. The number of nitrogens with zero attached hydrogens (tertiary/aromatic N) is 1. The number of aryl methyl sites for hydroxylation is 1. The molecule has 0 aromatic heterocycles. The molecular weight excluding hydrogens is 314 g/mol. The first-order chi connectivity index (χ1) is 12.2. The number of fused-ring (bicyclic) bond motifs is 1. The second kappa shape index (κ2) is 7.92. The number of unbranched alkanes of at least 4 members (excludes halogenated alkanes) is 1. The molecule has 1 aliphatic rings. The maximum atomic E-state index is 12.4. The fourth-order valence-electron chi connectivity index (χ4n) is 2.96. The van der Waals surface area contributed by atoms with Crippen LogP contribution in [0.3, 0.4) is 0 Å². The van der Waals surface area contributed by atoms with E-state index in [1.807, 2.05) is 35.2 Å². The molecule has 0 fully saturated rings. The minimum Gasteiger partial charge on any atom is -0.490 e. The number of benzene rings is 2. The average molecular weight is 339 g/mol. The highest BCUT2D eigenvalue weighted by Crippen LogP contribution is 2.33. The first-order valence-electron chi connectivity index (χ1n) is 8.82. The van der Waals surface area contributed by atoms with Gasteiger partial charge in [0.05, 0.1) is 18.8 Å². The van der Waals surface area contributed by atoms with Crippen LogP contribution in [0.2, 0.25) is 0 Å². The lowest BCUT2D eigenvalue weighted by Crippen LogP contribution is -2.38. The van der Waals surface area contributed by atoms with Crippen LogP contribution >= 0.6 is 0 Å². The van der Waals surface area contributed by atoms with Crippen molar-refractivity contribution in [3.8, 4) is 5.75 Å². The normalized spacial score (nSPS) is 13.1. The van der Waals surface area contributed by atoms with Gasteiger partial charge in [0.25, 0.3) is 0 Å². The predicted molar refractivity (Wildman–Crippen MR) is 102 cm³/mol. The molecule has 1 heterocycles. The zero-order valence-electron chi connectivity index (χ0n) is 14.6. The van der Waals surface area contributed by atoms with E-state index in [-0.39, 0.29) is 12.5 Å². The fraction of sp³-hybridized carbons (Fsp3) is 0.350. The maximum absolute atomic E-state index is 12.4. The van der Waals surface area contributed by atoms with Gasteiger partial charge in [-0.15, -0.1) is 0 Å². The zero-order valence-corrected chi connectivity index (χ0v) is 14.6. The largest absolute Gasteiger partial charge is 0.490 e. The smallest absolute Gasteiger partial charge is 0.243 e. The highest BCUT2D eigenvalue weighted by molar-refractivity contribution is 5.94. The van der Waals surface area contributed by atoms with Crippen molar-refractivity contribution in [2.75, 3.05) is 35.6 Å². The van der Waals surface area contributed by atoms with Crippen LogP contribution < -0.4 is 20.7 Å². The van der Waals surface area contributed by atoms with Crippen LogP contribution in [0.5, 0.6) is 5.75 Å². The van der Waals surface area contributed by atoms with Crippen molar-refractivity contribution in [1.29, 1.82) is 0 Å². The van der Waals surface area contributed by atoms with E-state index in [0.717, 1.165) is 23.5 Å². The fourth-order valence-corrected chi connectivity index (χ4v) is 2.96. The third kappa shape index (κ3) is 4.44. The van der Waals surface area contributed by atoms with Crippen LogP contribution in [0.1, 0.15) is 25.3 Å². The van der Waals surface area contributed by atoms with Crippen molar-refractivity contribution in [3.63, 3.8) is 0 Å². The number of ether oxygens (including phenoxy) is 1. The minimum absolute atomic E-state index is 0.0448. The van der Waals surface area contributed by atoms with Gasteiger partial charge in [-0.05, 0) is 48.7 Å². The van der Waals surface area contributed by atoms with Crippen LogP contribution in [-0.4, -0.2) is 25.6 Å². The molecule has 0 saturated carbocycles. The molecule has 3 N–H and O–H groups in total. The number of rotatable bonds is 6. The Bertz CT molecular complexity index is 728. The summed E-state index contributed by atoms with van der Waals surface area (Å²) in [5.41, 5.74) is 9.53. The molecule has 0 radical (unpaired) electrons. The van der Waals surface area contributed by atoms with E-state index >= 15 is 0 Å². The first-order valence-corrected chi connectivity index (χ1v) is 8.82. The Kier molecular flexibility index (Phi) is 5.43. The molecule has 0 atom stereocenters. The Hall–Kier alpha value is -2.69. The first kappa shape index (κ1) is 17.1. The number of anilines is 3. The van der Waals surface area contributed by atoms with Gasteiger partial charge in [-0.1, -0.05) is 25.5 Å². The van der Waals surface area contributed by atoms with Crippen LogP contribution in [0.4, 0.5) is 17.1 Å². The highest BCUT2D eigenvalue weighted by atomic mass is 16.5. The molecule has 132 valence electrons. The van der Waals surface area contributed by atoms with Gasteiger partial charge in [0.15, 0.2) is 0 Å². The second-order valence-electron chi connectivity index (χ2n) is 6.35. The summed E-state index contributed by atoms with van der Waals surface area (Å²) in [4.78, 5) is 14.4. The second-order valence-corrected chi connectivity index (χ2v) is 6.35. The van der Waals surface area contributed by atoms with Crippen LogP contribution in [-0.2, 0) is 11.2 Å². The third-order valence-electron chi connectivity index (χ3n) is 4.33. The van der Waals surface area contributed by atoms with Gasteiger partial charge in [0.1, 0.15) is 12.4 Å². The molecule has 0 spiro atoms. The topological polar surface area (TPSA) is 67.6 Å². The molecule has 3 rings (SSSR count). The van der Waals surface area contributed by atoms with Crippen LogP contribution in [0.15, 0.2) is 42.5 Å². The summed E-state index contributed by atoms with van der Waals surface area (Å²) in [6.45, 7) is 3.69. The lowest BCUT2D eigenvalue weighted by atomic mass is 10.1. The molecule has 1 aliphatic heterocycles. The third-order valence-corrected chi connectivity index (χ3v) is 4.33. The number of amides is 1. The van der Waals surface area contributed by atoms with Gasteiger partial charge in [-0.25, -0.2) is 0 Å². The summed E-state index contributed by atoms with van der Waals surface area (Å²) >= 11 is 0. The van der Waals surface area contributed by atoms with Crippen molar-refractivity contribution in [2.45, 2.75) is 26.2 Å². The van der Waals surface area contributed by atoms with Crippen molar-refractivity contribution in [3.05, 3.63) is 48.0 Å². The zero-order chi connectivity index (χ0) is 17.6. The number of hydrogen-bond donors (Lipinski definition) is 2. The molecule has 0 unspecified atom stereocenters. The van der Waals surface area contributed by atoms with E-state index in [0.29, 0.717) is 18.8 Å². The van der Waals surface area contributed by atoms with Gasteiger partial charge in [0.2, 0.25) is 5.91 Å². The molecule has 2 aromatic rings. The van der Waals surface area contributed by atoms with Gasteiger partial charge < -0.3 is 20.7 Å². The van der Waals surface area contributed by atoms with Crippen molar-refractivity contribution < 1.29 is 9.53 Å². The Morgan fingerprint density at radius 1 is 1.24 bits per heavy atom. The molecule has 0 saturated heterocycles. The monoisotopic (exact) mass is 339 g/mol. The average Bonchev–Trinajstić information content (AvgIpc) is 2.61. The summed E-state index contributed by atoms with van der Waals surface area (Å²) < 4.78 is 5.62. The highest BCUT2D eigenvalue weighted by Gasteiger charge is 2.20. The Morgan fingerprint density at radius 3 is 2.80 bits per heavy atom. The quantitative estimate of drug-likeness (QED) is 0.791. The molecule has 5 nitrogen and oxygen atoms in total. The molecule has 2 aromatic carbocycles. The summed E-state index contributed by atoms with van der Waals surface area (Å²) in [7, 11) is 0. The number of nitrogen functional groups attached to an aromatic ring is 1. The van der Waals surface area contributed by atoms with Crippen LogP contribution in [0.25, 0.3) is 0 Å². The van der Waals surface area contributed by atoms with E-state index in [4.69, 9.17) is 10.5 Å². The van der Waals surface area contributed by atoms with E-state index < -0.39 is 0 Å². The molecule has 0 aliphatic carbocycles. The van der Waals surface area contributed by atoms with Crippen molar-refractivity contribution in [1.82, 2.24) is 0 Å². The Labute approximate surface area is 148 Å². The van der Waals surface area contributed by atoms with Crippen molar-refractivity contribution >= 4 is 23.0 Å². The maximum Gasteiger partial charge on any atom is 0.243 e. The number of nitrogens with one attached hydrogen (secondary N) is 1. The minimum atomic E-state index is -0.0448. The van der Waals surface area contributed by atoms with Crippen molar-refractivity contribution in [2.24, 2.45) is 0 Å². The Morgan fingerprint density at radius 2 is 2.04 bits per heavy atom. The number of hydrogen-bond acceptors (Lipinski definition) is 4. The summed E-state index contributed by atoms with van der Waals surface area (Å²) in [6.07, 6.45) is 3.45. The standard InChI is InChI=1S/C20H25N3O2/c1-2-3-4-15-5-8-17(9-6-15)22-20(24)14-23-11-12-25-19-10-7-16(21)13-18(19)23/h5-10,13H,2-4,11-12,14,21H2,1H3,(H,22,24). The summed E-state index contributed by atoms with van der Waals surface area (Å²) in [5, 5.41) is 2.97. The number of carbonyl (C=O) groups excluding carboxylic acids is 1. The molecule has 0 bridgehead atoms. The lowest BCUT2D eigenvalue weighted by Gasteiger charge is -2.30. The number of carbonyl (C=O) groups is 1. The van der Waals surface area contributed by atoms with E-state index in [2.05, 4.69) is 24.4 Å². The number of nitrogens with two attached hydrogens (primary N) is 1.